The van der Waals surface area contributed by atoms with Gasteiger partial charge in [0.15, 0.2) is 0 Å². The van der Waals surface area contributed by atoms with E-state index in [-0.39, 0.29) is 13.0 Å². The molecule has 1 aliphatic heterocycles. The van der Waals surface area contributed by atoms with Crippen molar-refractivity contribution in [2.75, 3.05) is 19.3 Å². The summed E-state index contributed by atoms with van der Waals surface area (Å²) in [7, 11) is -3.38. The third kappa shape index (κ3) is 3.97. The first kappa shape index (κ1) is 13.9. The molecule has 0 saturated carbocycles. The quantitative estimate of drug-likeness (QED) is 0.663. The van der Waals surface area contributed by atoms with E-state index in [0.29, 0.717) is 19.4 Å². The van der Waals surface area contributed by atoms with Gasteiger partial charge in [0.25, 0.3) is 0 Å². The highest BCUT2D eigenvalue weighted by Gasteiger charge is 2.36. The molecule has 0 aromatic rings. The lowest BCUT2D eigenvalue weighted by Crippen LogP contribution is -2.45. The Morgan fingerprint density at radius 2 is 2.12 bits per heavy atom. The second-order valence-electron chi connectivity index (χ2n) is 3.97. The Morgan fingerprint density at radius 1 is 1.47 bits per heavy atom. The van der Waals surface area contributed by atoms with Crippen LogP contribution in [0.15, 0.2) is 0 Å². The van der Waals surface area contributed by atoms with E-state index >= 15 is 0 Å². The van der Waals surface area contributed by atoms with Crippen LogP contribution in [0.4, 0.5) is 0 Å². The molecule has 2 N–H and O–H groups in total. The van der Waals surface area contributed by atoms with E-state index in [2.05, 4.69) is 5.32 Å². The van der Waals surface area contributed by atoms with Gasteiger partial charge in [-0.25, -0.2) is 8.42 Å². The number of carbonyl (C=O) groups excluding carboxylic acids is 1. The van der Waals surface area contributed by atoms with Crippen molar-refractivity contribution in [3.63, 3.8) is 0 Å². The number of sulfonamides is 1. The summed E-state index contributed by atoms with van der Waals surface area (Å²) in [4.78, 5) is 21.9. The number of nitrogens with one attached hydrogen (secondary N) is 1. The van der Waals surface area contributed by atoms with Gasteiger partial charge in [0.05, 0.1) is 12.7 Å². The van der Waals surface area contributed by atoms with E-state index in [0.717, 1.165) is 10.6 Å². The number of hydrogen-bond acceptors (Lipinski definition) is 4. The molecule has 1 atom stereocenters. The fourth-order valence-electron chi connectivity index (χ4n) is 1.81. The van der Waals surface area contributed by atoms with Crippen molar-refractivity contribution >= 4 is 21.9 Å². The normalized spacial score (nSPS) is 21.4. The minimum atomic E-state index is -3.38. The van der Waals surface area contributed by atoms with Gasteiger partial charge in [-0.3, -0.25) is 9.59 Å². The summed E-state index contributed by atoms with van der Waals surface area (Å²) in [5, 5.41) is 10.8. The van der Waals surface area contributed by atoms with Gasteiger partial charge in [0, 0.05) is 13.1 Å². The number of carbonyl (C=O) groups is 2. The highest BCUT2D eigenvalue weighted by molar-refractivity contribution is 7.88. The number of rotatable bonds is 5. The van der Waals surface area contributed by atoms with Crippen molar-refractivity contribution in [1.29, 1.82) is 0 Å². The highest BCUT2D eigenvalue weighted by Crippen LogP contribution is 2.20. The van der Waals surface area contributed by atoms with Crippen molar-refractivity contribution < 1.29 is 23.1 Å². The Kier molecular flexibility index (Phi) is 4.47. The molecule has 8 heteroatoms. The Bertz CT molecular complexity index is 406. The molecule has 17 heavy (non-hydrogen) atoms. The van der Waals surface area contributed by atoms with Gasteiger partial charge in [-0.1, -0.05) is 0 Å². The van der Waals surface area contributed by atoms with E-state index in [1.807, 2.05) is 0 Å². The molecule has 1 heterocycles. The van der Waals surface area contributed by atoms with Gasteiger partial charge in [0.1, 0.15) is 6.04 Å². The molecule has 0 aromatic carbocycles. The van der Waals surface area contributed by atoms with Crippen LogP contribution in [-0.4, -0.2) is 55.1 Å². The predicted molar refractivity (Wildman–Crippen MR) is 59.8 cm³/mol. The summed E-state index contributed by atoms with van der Waals surface area (Å²) >= 11 is 0. The second-order valence-corrected chi connectivity index (χ2v) is 5.90. The molecule has 1 amide bonds. The average Bonchev–Trinajstić information content (AvgIpc) is 2.64. The molecule has 1 rings (SSSR count). The monoisotopic (exact) mass is 264 g/mol. The second kappa shape index (κ2) is 5.46. The maximum absolute atomic E-state index is 11.7. The fraction of sp³-hybridized carbons (Fsp3) is 0.778. The number of amides is 1. The van der Waals surface area contributed by atoms with Gasteiger partial charge in [0.2, 0.25) is 15.9 Å². The molecule has 98 valence electrons. The number of hydrogen-bond donors (Lipinski definition) is 2. The molecule has 0 aliphatic carbocycles. The molecule has 0 aromatic heterocycles. The van der Waals surface area contributed by atoms with Crippen LogP contribution in [0.3, 0.4) is 0 Å². The summed E-state index contributed by atoms with van der Waals surface area (Å²) in [6, 6.07) is -0.696. The van der Waals surface area contributed by atoms with Crippen molar-refractivity contribution in [1.82, 2.24) is 9.62 Å². The summed E-state index contributed by atoms with van der Waals surface area (Å²) in [6.07, 6.45) is 2.02. The Labute approximate surface area is 99.8 Å². The molecule has 1 fully saturated rings. The molecule has 0 spiro atoms. The van der Waals surface area contributed by atoms with E-state index in [1.54, 1.807) is 0 Å². The number of carboxylic acid groups (broad SMARTS) is 1. The maximum atomic E-state index is 11.7. The highest BCUT2D eigenvalue weighted by atomic mass is 32.2. The summed E-state index contributed by atoms with van der Waals surface area (Å²) in [5.41, 5.74) is 0. The van der Waals surface area contributed by atoms with Crippen LogP contribution in [0.2, 0.25) is 0 Å². The van der Waals surface area contributed by atoms with Crippen LogP contribution >= 0.6 is 0 Å². The smallest absolute Gasteiger partial charge is 0.305 e. The van der Waals surface area contributed by atoms with Crippen LogP contribution in [0.25, 0.3) is 0 Å². The lowest BCUT2D eigenvalue weighted by atomic mass is 10.2. The molecule has 0 unspecified atom stereocenters. The Morgan fingerprint density at radius 3 is 2.65 bits per heavy atom. The minimum absolute atomic E-state index is 0.0161. The third-order valence-electron chi connectivity index (χ3n) is 2.57. The topological polar surface area (TPSA) is 104 Å². The first-order valence-corrected chi connectivity index (χ1v) is 7.13. The van der Waals surface area contributed by atoms with Crippen LogP contribution in [0.1, 0.15) is 19.3 Å². The average molecular weight is 264 g/mol. The summed E-state index contributed by atoms with van der Waals surface area (Å²) in [5.74, 6) is -1.43. The molecular weight excluding hydrogens is 248 g/mol. The van der Waals surface area contributed by atoms with Crippen LogP contribution in [-0.2, 0) is 19.6 Å². The minimum Gasteiger partial charge on any atom is -0.481 e. The molecule has 0 bridgehead atoms. The van der Waals surface area contributed by atoms with Crippen molar-refractivity contribution in [2.24, 2.45) is 0 Å². The van der Waals surface area contributed by atoms with Gasteiger partial charge in [-0.15, -0.1) is 0 Å². The lowest BCUT2D eigenvalue weighted by Gasteiger charge is -2.21. The van der Waals surface area contributed by atoms with Crippen molar-refractivity contribution in [3.8, 4) is 0 Å². The zero-order chi connectivity index (χ0) is 13.1. The fourth-order valence-corrected chi connectivity index (χ4v) is 2.93. The predicted octanol–water partition coefficient (Wildman–Crippen LogP) is -0.999. The summed E-state index contributed by atoms with van der Waals surface area (Å²) in [6.45, 7) is 0.359. The zero-order valence-corrected chi connectivity index (χ0v) is 10.4. The first-order chi connectivity index (χ1) is 7.82. The van der Waals surface area contributed by atoms with E-state index in [4.69, 9.17) is 5.11 Å². The largest absolute Gasteiger partial charge is 0.481 e. The van der Waals surface area contributed by atoms with Gasteiger partial charge in [-0.2, -0.15) is 4.31 Å². The zero-order valence-electron chi connectivity index (χ0n) is 9.55. The first-order valence-electron chi connectivity index (χ1n) is 5.28. The van der Waals surface area contributed by atoms with Crippen molar-refractivity contribution in [3.05, 3.63) is 0 Å². The van der Waals surface area contributed by atoms with E-state index in [1.165, 1.54) is 0 Å². The Hall–Kier alpha value is -1.15. The van der Waals surface area contributed by atoms with Crippen LogP contribution in [0.5, 0.6) is 0 Å². The third-order valence-corrected chi connectivity index (χ3v) is 3.86. The van der Waals surface area contributed by atoms with Crippen LogP contribution < -0.4 is 5.32 Å². The SMILES string of the molecule is CS(=O)(=O)N1CCC[C@H]1C(=O)NCCC(=O)O. The van der Waals surface area contributed by atoms with E-state index < -0.39 is 27.9 Å². The molecule has 7 nitrogen and oxygen atoms in total. The van der Waals surface area contributed by atoms with Gasteiger partial charge in [-0.05, 0) is 12.8 Å². The molecular formula is C9H16N2O5S. The standard InChI is InChI=1S/C9H16N2O5S/c1-17(15,16)11-6-2-3-7(11)9(14)10-5-4-8(12)13/h7H,2-6H2,1H3,(H,10,14)(H,12,13)/t7-/m0/s1. The number of carboxylic acids is 1. The summed E-state index contributed by atoms with van der Waals surface area (Å²) < 4.78 is 23.9. The lowest BCUT2D eigenvalue weighted by molar-refractivity contribution is -0.137. The maximum Gasteiger partial charge on any atom is 0.305 e. The Balaban J connectivity index is 2.54. The van der Waals surface area contributed by atoms with Gasteiger partial charge < -0.3 is 10.4 Å². The van der Waals surface area contributed by atoms with Gasteiger partial charge >= 0.3 is 5.97 Å². The van der Waals surface area contributed by atoms with Crippen LogP contribution in [0, 0.1) is 0 Å². The van der Waals surface area contributed by atoms with Crippen molar-refractivity contribution in [2.45, 2.75) is 25.3 Å². The molecule has 1 aliphatic rings. The molecule has 1 saturated heterocycles. The number of nitrogens with zero attached hydrogens (tertiary/aromatic N) is 1. The number of aliphatic carboxylic acids is 1. The molecule has 0 radical (unpaired) electrons. The van der Waals surface area contributed by atoms with E-state index in [9.17, 15) is 18.0 Å².